The van der Waals surface area contributed by atoms with Crippen molar-refractivity contribution < 1.29 is 0 Å². The first-order valence-corrected chi connectivity index (χ1v) is 7.13. The second-order valence-corrected chi connectivity index (χ2v) is 5.51. The highest BCUT2D eigenvalue weighted by Gasteiger charge is 2.19. The van der Waals surface area contributed by atoms with Gasteiger partial charge in [0.25, 0.3) is 0 Å². The Labute approximate surface area is 114 Å². The largest absolute Gasteiger partial charge is 0.348 e. The summed E-state index contributed by atoms with van der Waals surface area (Å²) < 4.78 is 4.24. The highest BCUT2D eigenvalue weighted by Crippen LogP contribution is 2.28. The number of aromatic nitrogens is 3. The highest BCUT2D eigenvalue weighted by molar-refractivity contribution is 5.30. The third kappa shape index (κ3) is 2.32. The lowest BCUT2D eigenvalue weighted by atomic mass is 9.92. The summed E-state index contributed by atoms with van der Waals surface area (Å²) in [6, 6.07) is 2.42. The van der Waals surface area contributed by atoms with Crippen molar-refractivity contribution in [3.63, 3.8) is 0 Å². The normalized spacial score (nSPS) is 18.6. The van der Waals surface area contributed by atoms with Crippen LogP contribution >= 0.6 is 0 Å². The van der Waals surface area contributed by atoms with Gasteiger partial charge in [-0.15, -0.1) is 0 Å². The molecule has 2 aromatic rings. The molecule has 0 saturated carbocycles. The van der Waals surface area contributed by atoms with Crippen molar-refractivity contribution in [3.05, 3.63) is 41.0 Å². The predicted molar refractivity (Wildman–Crippen MR) is 76.0 cm³/mol. The van der Waals surface area contributed by atoms with Gasteiger partial charge in [-0.25, -0.2) is 0 Å². The SMILES string of the molecule is CCc1cc(Cn2cc3c(c2)C(N)CCC3)n(C)n1. The molecule has 0 aromatic carbocycles. The maximum absolute atomic E-state index is 6.18. The Balaban J connectivity index is 1.85. The fourth-order valence-electron chi connectivity index (χ4n) is 2.95. The molecule has 1 atom stereocenters. The van der Waals surface area contributed by atoms with E-state index in [1.54, 1.807) is 0 Å². The van der Waals surface area contributed by atoms with Crippen molar-refractivity contribution in [2.75, 3.05) is 0 Å². The highest BCUT2D eigenvalue weighted by atomic mass is 15.3. The van der Waals surface area contributed by atoms with E-state index >= 15 is 0 Å². The summed E-state index contributed by atoms with van der Waals surface area (Å²) in [6.45, 7) is 3.02. The van der Waals surface area contributed by atoms with Crippen LogP contribution in [0.2, 0.25) is 0 Å². The van der Waals surface area contributed by atoms with E-state index in [1.165, 1.54) is 29.7 Å². The molecule has 2 N–H and O–H groups in total. The van der Waals surface area contributed by atoms with Crippen LogP contribution in [0, 0.1) is 0 Å². The molecular weight excluding hydrogens is 236 g/mol. The molecule has 0 saturated heterocycles. The molecule has 0 amide bonds. The second-order valence-electron chi connectivity index (χ2n) is 5.51. The molecule has 3 rings (SSSR count). The minimum absolute atomic E-state index is 0.225. The number of rotatable bonds is 3. The van der Waals surface area contributed by atoms with Crippen LogP contribution in [0.1, 0.15) is 48.3 Å². The lowest BCUT2D eigenvalue weighted by molar-refractivity contribution is 0.573. The van der Waals surface area contributed by atoms with E-state index in [1.807, 2.05) is 11.7 Å². The van der Waals surface area contributed by atoms with Crippen molar-refractivity contribution in [2.45, 2.75) is 45.2 Å². The van der Waals surface area contributed by atoms with Gasteiger partial charge in [0.1, 0.15) is 0 Å². The van der Waals surface area contributed by atoms with Gasteiger partial charge in [-0.1, -0.05) is 6.92 Å². The van der Waals surface area contributed by atoms with Crippen LogP contribution in [-0.2, 0) is 26.4 Å². The van der Waals surface area contributed by atoms with Crippen molar-refractivity contribution in [1.82, 2.24) is 14.3 Å². The van der Waals surface area contributed by atoms with E-state index < -0.39 is 0 Å². The zero-order valence-electron chi connectivity index (χ0n) is 11.8. The zero-order valence-corrected chi connectivity index (χ0v) is 11.8. The maximum atomic E-state index is 6.18. The van der Waals surface area contributed by atoms with Crippen LogP contribution in [0.15, 0.2) is 18.5 Å². The third-order valence-corrected chi connectivity index (χ3v) is 4.09. The number of nitrogens with zero attached hydrogens (tertiary/aromatic N) is 3. The topological polar surface area (TPSA) is 48.8 Å². The average molecular weight is 258 g/mol. The van der Waals surface area contributed by atoms with E-state index in [0.29, 0.717) is 0 Å². The van der Waals surface area contributed by atoms with Gasteiger partial charge in [-0.3, -0.25) is 4.68 Å². The van der Waals surface area contributed by atoms with Gasteiger partial charge >= 0.3 is 0 Å². The van der Waals surface area contributed by atoms with Crippen molar-refractivity contribution in [2.24, 2.45) is 12.8 Å². The minimum atomic E-state index is 0.225. The van der Waals surface area contributed by atoms with E-state index in [4.69, 9.17) is 5.73 Å². The zero-order chi connectivity index (χ0) is 13.4. The summed E-state index contributed by atoms with van der Waals surface area (Å²) in [5.74, 6) is 0. The smallest absolute Gasteiger partial charge is 0.0639 e. The molecule has 1 aliphatic carbocycles. The van der Waals surface area contributed by atoms with E-state index in [-0.39, 0.29) is 6.04 Å². The third-order valence-electron chi connectivity index (χ3n) is 4.09. The Morgan fingerprint density at radius 3 is 2.95 bits per heavy atom. The maximum Gasteiger partial charge on any atom is 0.0639 e. The summed E-state index contributed by atoms with van der Waals surface area (Å²) in [7, 11) is 2.02. The molecular formula is C15H22N4. The molecule has 1 unspecified atom stereocenters. The Kier molecular flexibility index (Phi) is 3.19. The Bertz CT molecular complexity index is 579. The van der Waals surface area contributed by atoms with Crippen LogP contribution in [0.5, 0.6) is 0 Å². The van der Waals surface area contributed by atoms with Crippen LogP contribution in [0.4, 0.5) is 0 Å². The van der Waals surface area contributed by atoms with Crippen LogP contribution in [0.25, 0.3) is 0 Å². The predicted octanol–water partition coefficient (Wildman–Crippen LogP) is 2.17. The monoisotopic (exact) mass is 258 g/mol. The molecule has 4 heteroatoms. The number of aryl methyl sites for hydroxylation is 3. The van der Waals surface area contributed by atoms with Gasteiger partial charge in [0.2, 0.25) is 0 Å². The molecule has 2 aromatic heterocycles. The summed E-state index contributed by atoms with van der Waals surface area (Å²) in [5, 5.41) is 4.50. The molecule has 0 aliphatic heterocycles. The van der Waals surface area contributed by atoms with Crippen LogP contribution in [-0.4, -0.2) is 14.3 Å². The molecule has 0 fully saturated rings. The molecule has 0 spiro atoms. The van der Waals surface area contributed by atoms with E-state index in [9.17, 15) is 0 Å². The Morgan fingerprint density at radius 2 is 2.26 bits per heavy atom. The van der Waals surface area contributed by atoms with E-state index in [2.05, 4.69) is 35.0 Å². The minimum Gasteiger partial charge on any atom is -0.348 e. The van der Waals surface area contributed by atoms with Gasteiger partial charge in [0, 0.05) is 25.5 Å². The van der Waals surface area contributed by atoms with Crippen molar-refractivity contribution in [1.29, 1.82) is 0 Å². The number of hydrogen-bond donors (Lipinski definition) is 1. The summed E-state index contributed by atoms with van der Waals surface area (Å²) >= 11 is 0. The quantitative estimate of drug-likeness (QED) is 0.917. The van der Waals surface area contributed by atoms with Crippen molar-refractivity contribution >= 4 is 0 Å². The van der Waals surface area contributed by atoms with Crippen LogP contribution in [0.3, 0.4) is 0 Å². The van der Waals surface area contributed by atoms with E-state index in [0.717, 1.165) is 25.1 Å². The van der Waals surface area contributed by atoms with Gasteiger partial charge in [-0.05, 0) is 42.9 Å². The van der Waals surface area contributed by atoms with Gasteiger partial charge in [0.05, 0.1) is 17.9 Å². The molecule has 19 heavy (non-hydrogen) atoms. The standard InChI is InChI=1S/C15H22N4/c1-3-12-7-13(18(2)17-12)9-19-8-11-5-4-6-15(16)14(11)10-19/h7-8,10,15H,3-6,9,16H2,1-2H3. The summed E-state index contributed by atoms with van der Waals surface area (Å²) in [5.41, 5.74) is 11.3. The average Bonchev–Trinajstić information content (AvgIpc) is 2.95. The Morgan fingerprint density at radius 1 is 1.42 bits per heavy atom. The molecule has 1 aliphatic rings. The second kappa shape index (κ2) is 4.85. The first-order valence-electron chi connectivity index (χ1n) is 7.13. The number of fused-ring (bicyclic) bond motifs is 1. The first kappa shape index (κ1) is 12.5. The lowest BCUT2D eigenvalue weighted by Crippen LogP contribution is -2.15. The Hall–Kier alpha value is -1.55. The summed E-state index contributed by atoms with van der Waals surface area (Å²) in [6.07, 6.45) is 8.96. The first-order chi connectivity index (χ1) is 9.17. The van der Waals surface area contributed by atoms with Gasteiger partial charge < -0.3 is 10.3 Å². The lowest BCUT2D eigenvalue weighted by Gasteiger charge is -2.17. The number of hydrogen-bond acceptors (Lipinski definition) is 2. The van der Waals surface area contributed by atoms with Crippen LogP contribution < -0.4 is 5.73 Å². The molecule has 102 valence electrons. The molecule has 2 heterocycles. The summed E-state index contributed by atoms with van der Waals surface area (Å²) in [4.78, 5) is 0. The molecule has 0 bridgehead atoms. The number of nitrogens with two attached hydrogens (primary N) is 1. The van der Waals surface area contributed by atoms with Gasteiger partial charge in [-0.2, -0.15) is 5.10 Å². The molecule has 0 radical (unpaired) electrons. The molecule has 4 nitrogen and oxygen atoms in total. The van der Waals surface area contributed by atoms with Gasteiger partial charge in [0.15, 0.2) is 0 Å². The fourth-order valence-corrected chi connectivity index (χ4v) is 2.95. The fraction of sp³-hybridized carbons (Fsp3) is 0.533. The van der Waals surface area contributed by atoms with Crippen molar-refractivity contribution in [3.8, 4) is 0 Å².